The molecule has 0 fully saturated rings. The van der Waals surface area contributed by atoms with Gasteiger partial charge in [-0.25, -0.2) is 4.79 Å². The topological polar surface area (TPSA) is 81.1 Å². The zero-order valence-corrected chi connectivity index (χ0v) is 13.9. The van der Waals surface area contributed by atoms with E-state index in [0.717, 1.165) is 4.68 Å². The van der Waals surface area contributed by atoms with Crippen molar-refractivity contribution in [2.45, 2.75) is 38.9 Å². The van der Waals surface area contributed by atoms with Crippen LogP contribution in [-0.2, 0) is 29.9 Å². The molecule has 0 aliphatic heterocycles. The Kier molecular flexibility index (Phi) is 4.98. The molecule has 26 heavy (non-hydrogen) atoms. The number of carboxylic acids is 1. The van der Waals surface area contributed by atoms with Crippen LogP contribution in [-0.4, -0.2) is 20.9 Å². The van der Waals surface area contributed by atoms with Crippen LogP contribution >= 0.6 is 0 Å². The van der Waals surface area contributed by atoms with Gasteiger partial charge in [0.25, 0.3) is 0 Å². The van der Waals surface area contributed by atoms with Crippen LogP contribution in [0.25, 0.3) is 0 Å². The predicted octanol–water partition coefficient (Wildman–Crippen LogP) is 3.58. The number of alkyl halides is 5. The third-order valence-corrected chi connectivity index (χ3v) is 3.91. The highest BCUT2D eigenvalue weighted by Gasteiger charge is 2.52. The van der Waals surface area contributed by atoms with Gasteiger partial charge in [-0.15, -0.1) is 0 Å². The highest BCUT2D eigenvalue weighted by Crippen LogP contribution is 2.41. The average molecular weight is 377 g/mol. The van der Waals surface area contributed by atoms with Gasteiger partial charge in [0.15, 0.2) is 5.69 Å². The summed E-state index contributed by atoms with van der Waals surface area (Å²) in [6.07, 6.45) is -5.48. The molecule has 0 spiro atoms. The van der Waals surface area contributed by atoms with Gasteiger partial charge >= 0.3 is 18.1 Å². The third kappa shape index (κ3) is 3.49. The lowest BCUT2D eigenvalue weighted by molar-refractivity contribution is -0.169. The van der Waals surface area contributed by atoms with Crippen LogP contribution in [0, 0.1) is 6.92 Å². The smallest absolute Gasteiger partial charge is 0.435 e. The maximum atomic E-state index is 14.0. The van der Waals surface area contributed by atoms with Crippen molar-refractivity contribution in [2.24, 2.45) is 0 Å². The van der Waals surface area contributed by atoms with Crippen molar-refractivity contribution in [1.82, 2.24) is 9.78 Å². The van der Waals surface area contributed by atoms with E-state index in [0.29, 0.717) is 16.8 Å². The number of aliphatic carboxylic acids is 1. The summed E-state index contributed by atoms with van der Waals surface area (Å²) in [4.78, 5) is 10.9. The van der Waals surface area contributed by atoms with Gasteiger partial charge in [-0.2, -0.15) is 27.1 Å². The number of carbonyl (C=O) groups is 1. The lowest BCUT2D eigenvalue weighted by atomic mass is 10.0. The molecule has 0 saturated carbocycles. The minimum Gasteiger partial charge on any atom is -0.477 e. The molecule has 0 amide bonds. The molecule has 2 aromatic rings. The first-order valence-corrected chi connectivity index (χ1v) is 7.53. The van der Waals surface area contributed by atoms with Gasteiger partial charge in [-0.05, 0) is 30.5 Å². The molecule has 142 valence electrons. The molecule has 1 aromatic carbocycles. The van der Waals surface area contributed by atoms with Crippen molar-refractivity contribution in [3.63, 3.8) is 0 Å². The zero-order chi connectivity index (χ0) is 19.9. The fraction of sp³-hybridized carbons (Fsp3) is 0.375. The van der Waals surface area contributed by atoms with Crippen LogP contribution in [0.5, 0.6) is 0 Å². The van der Waals surface area contributed by atoms with Crippen LogP contribution in [0.3, 0.4) is 0 Å². The first-order valence-electron chi connectivity index (χ1n) is 7.53. The van der Waals surface area contributed by atoms with Gasteiger partial charge in [0.1, 0.15) is 0 Å². The maximum absolute atomic E-state index is 14.0. The third-order valence-electron chi connectivity index (χ3n) is 3.91. The number of hydrogen-bond donors (Lipinski definition) is 2. The Labute approximate surface area is 145 Å². The Morgan fingerprint density at radius 1 is 1.27 bits per heavy atom. The second-order valence-corrected chi connectivity index (χ2v) is 5.75. The van der Waals surface area contributed by atoms with Gasteiger partial charge in [-0.3, -0.25) is 4.68 Å². The minimum absolute atomic E-state index is 0.233. The molecule has 0 aliphatic rings. The number of benzene rings is 1. The summed E-state index contributed by atoms with van der Waals surface area (Å²) in [7, 11) is 0. The second kappa shape index (κ2) is 6.58. The molecule has 0 saturated heterocycles. The molecule has 0 unspecified atom stereocenters. The maximum Gasteiger partial charge on any atom is 0.435 e. The van der Waals surface area contributed by atoms with Crippen molar-refractivity contribution in [2.75, 3.05) is 5.73 Å². The first kappa shape index (κ1) is 19.7. The van der Waals surface area contributed by atoms with E-state index in [1.807, 2.05) is 0 Å². The summed E-state index contributed by atoms with van der Waals surface area (Å²) in [6.45, 7) is 2.81. The van der Waals surface area contributed by atoms with Gasteiger partial charge in [-0.1, -0.05) is 19.1 Å². The molecule has 0 bridgehead atoms. The van der Waals surface area contributed by atoms with Crippen molar-refractivity contribution in [3.8, 4) is 0 Å². The molecule has 10 heteroatoms. The highest BCUT2D eigenvalue weighted by atomic mass is 19.4. The molecule has 2 rings (SSSR count). The molecule has 0 aliphatic carbocycles. The lowest BCUT2D eigenvalue weighted by Gasteiger charge is -2.15. The van der Waals surface area contributed by atoms with E-state index in [1.165, 1.54) is 19.1 Å². The van der Waals surface area contributed by atoms with Gasteiger partial charge in [0.05, 0.1) is 12.1 Å². The van der Waals surface area contributed by atoms with Crippen LogP contribution in [0.1, 0.15) is 35.0 Å². The minimum atomic E-state index is -5.22. The molecular weight excluding hydrogens is 361 g/mol. The number of aryl methyl sites for hydroxylation is 1. The van der Waals surface area contributed by atoms with E-state index >= 15 is 0 Å². The van der Waals surface area contributed by atoms with Crippen molar-refractivity contribution >= 4 is 11.7 Å². The van der Waals surface area contributed by atoms with Crippen LogP contribution in [0.2, 0.25) is 0 Å². The Morgan fingerprint density at radius 3 is 2.35 bits per heavy atom. The number of nitrogen functional groups attached to an aromatic ring is 1. The molecule has 3 N–H and O–H groups in total. The standard InChI is InChI=1S/C16H16F5N3O2/c1-3-11-12(15(17,18)14(25)26)13(16(19,20)21)23-24(11)7-9-4-5-10(22)8(2)6-9/h4-6H,3,7,22H2,1-2H3,(H,25,26). The molecule has 1 heterocycles. The predicted molar refractivity (Wildman–Crippen MR) is 82.8 cm³/mol. The number of anilines is 1. The molecular formula is C16H16F5N3O2. The molecule has 5 nitrogen and oxygen atoms in total. The summed E-state index contributed by atoms with van der Waals surface area (Å²) < 4.78 is 68.4. The Balaban J connectivity index is 2.66. The molecule has 1 aromatic heterocycles. The summed E-state index contributed by atoms with van der Waals surface area (Å²) in [6, 6.07) is 4.67. The fourth-order valence-electron chi connectivity index (χ4n) is 2.63. The van der Waals surface area contributed by atoms with Crippen molar-refractivity contribution < 1.29 is 31.9 Å². The van der Waals surface area contributed by atoms with Crippen LogP contribution < -0.4 is 5.73 Å². The van der Waals surface area contributed by atoms with E-state index in [2.05, 4.69) is 5.10 Å². The molecule has 0 radical (unpaired) electrons. The van der Waals surface area contributed by atoms with Crippen molar-refractivity contribution in [3.05, 3.63) is 46.3 Å². The van der Waals surface area contributed by atoms with E-state index in [1.54, 1.807) is 13.0 Å². The number of carboxylic acid groups (broad SMARTS) is 1. The van der Waals surface area contributed by atoms with Crippen molar-refractivity contribution in [1.29, 1.82) is 0 Å². The largest absolute Gasteiger partial charge is 0.477 e. The zero-order valence-electron chi connectivity index (χ0n) is 13.9. The van der Waals surface area contributed by atoms with E-state index in [4.69, 9.17) is 10.8 Å². The monoisotopic (exact) mass is 377 g/mol. The van der Waals surface area contributed by atoms with E-state index in [-0.39, 0.29) is 13.0 Å². The summed E-state index contributed by atoms with van der Waals surface area (Å²) in [5.74, 6) is -7.38. The van der Waals surface area contributed by atoms with Crippen LogP contribution in [0.4, 0.5) is 27.6 Å². The SMILES string of the molecule is CCc1c(C(F)(F)C(=O)O)c(C(F)(F)F)nn1Cc1ccc(N)c(C)c1. The summed E-state index contributed by atoms with van der Waals surface area (Å²) in [5.41, 5.74) is 3.31. The van der Waals surface area contributed by atoms with Gasteiger partial charge in [0, 0.05) is 11.4 Å². The normalized spacial score (nSPS) is 12.4. The van der Waals surface area contributed by atoms with Gasteiger partial charge < -0.3 is 10.8 Å². The Morgan fingerprint density at radius 2 is 1.88 bits per heavy atom. The molecule has 0 atom stereocenters. The second-order valence-electron chi connectivity index (χ2n) is 5.75. The number of rotatable bonds is 5. The number of nitrogens with zero attached hydrogens (tertiary/aromatic N) is 2. The Bertz CT molecular complexity index is 843. The van der Waals surface area contributed by atoms with Crippen LogP contribution in [0.15, 0.2) is 18.2 Å². The number of hydrogen-bond acceptors (Lipinski definition) is 3. The van der Waals surface area contributed by atoms with E-state index < -0.39 is 35.0 Å². The number of halogens is 5. The first-order chi connectivity index (χ1) is 11.9. The van der Waals surface area contributed by atoms with Gasteiger partial charge in [0.2, 0.25) is 0 Å². The number of nitrogens with two attached hydrogens (primary N) is 1. The summed E-state index contributed by atoms with van der Waals surface area (Å²) >= 11 is 0. The Hall–Kier alpha value is -2.65. The summed E-state index contributed by atoms with van der Waals surface area (Å²) in [5, 5.41) is 12.0. The number of aromatic nitrogens is 2. The van der Waals surface area contributed by atoms with E-state index in [9.17, 15) is 26.7 Å². The fourth-order valence-corrected chi connectivity index (χ4v) is 2.63. The quantitative estimate of drug-likeness (QED) is 0.617. The lowest BCUT2D eigenvalue weighted by Crippen LogP contribution is -2.29. The highest BCUT2D eigenvalue weighted by molar-refractivity contribution is 5.78. The average Bonchev–Trinajstić information content (AvgIpc) is 2.90.